The molecule has 6 heteroatoms. The van der Waals surface area contributed by atoms with E-state index in [-0.39, 0.29) is 24.0 Å². The summed E-state index contributed by atoms with van der Waals surface area (Å²) in [5.41, 5.74) is -0.123. The number of hydrogen-bond donors (Lipinski definition) is 3. The molecule has 0 spiro atoms. The van der Waals surface area contributed by atoms with Gasteiger partial charge in [0.15, 0.2) is 0 Å². The van der Waals surface area contributed by atoms with E-state index in [1.165, 1.54) is 0 Å². The molecule has 1 unspecified atom stereocenters. The van der Waals surface area contributed by atoms with Gasteiger partial charge in [0, 0.05) is 24.5 Å². The first-order valence-electron chi connectivity index (χ1n) is 6.08. The van der Waals surface area contributed by atoms with E-state index in [9.17, 15) is 9.59 Å². The predicted molar refractivity (Wildman–Crippen MR) is 70.6 cm³/mol. The van der Waals surface area contributed by atoms with Crippen molar-refractivity contribution in [3.8, 4) is 0 Å². The van der Waals surface area contributed by atoms with Crippen LogP contribution in [0.5, 0.6) is 0 Å². The molecular weight excluding hydrogens is 234 g/mol. The van der Waals surface area contributed by atoms with Crippen LogP contribution in [-0.4, -0.2) is 54.2 Å². The van der Waals surface area contributed by atoms with Crippen molar-refractivity contribution in [2.24, 2.45) is 0 Å². The van der Waals surface area contributed by atoms with Crippen molar-refractivity contribution in [2.75, 3.05) is 20.6 Å². The molecule has 0 aliphatic carbocycles. The van der Waals surface area contributed by atoms with Gasteiger partial charge < -0.3 is 20.6 Å². The third kappa shape index (κ3) is 7.11. The molecule has 0 radical (unpaired) electrons. The van der Waals surface area contributed by atoms with Crippen LogP contribution < -0.4 is 10.6 Å². The number of nitrogens with zero attached hydrogens (tertiary/aromatic N) is 1. The van der Waals surface area contributed by atoms with E-state index >= 15 is 0 Å². The van der Waals surface area contributed by atoms with E-state index in [2.05, 4.69) is 10.6 Å². The van der Waals surface area contributed by atoms with Gasteiger partial charge in [0.1, 0.15) is 0 Å². The number of carboxylic acid groups (broad SMARTS) is 1. The van der Waals surface area contributed by atoms with E-state index in [4.69, 9.17) is 5.11 Å². The van der Waals surface area contributed by atoms with Crippen molar-refractivity contribution in [2.45, 2.75) is 45.2 Å². The summed E-state index contributed by atoms with van der Waals surface area (Å²) in [5, 5.41) is 14.0. The van der Waals surface area contributed by atoms with Gasteiger partial charge >= 0.3 is 12.0 Å². The molecule has 0 aromatic carbocycles. The van der Waals surface area contributed by atoms with Gasteiger partial charge in [0.25, 0.3) is 0 Å². The first kappa shape index (κ1) is 16.7. The summed E-state index contributed by atoms with van der Waals surface area (Å²) in [7, 11) is 3.91. The Hall–Kier alpha value is -1.30. The van der Waals surface area contributed by atoms with Crippen molar-refractivity contribution in [1.82, 2.24) is 15.5 Å². The molecule has 18 heavy (non-hydrogen) atoms. The summed E-state index contributed by atoms with van der Waals surface area (Å²) in [6, 6.07) is -0.411. The fraction of sp³-hybridized carbons (Fsp3) is 0.833. The molecule has 0 saturated carbocycles. The Morgan fingerprint density at radius 2 is 1.89 bits per heavy atom. The maximum Gasteiger partial charge on any atom is 0.315 e. The van der Waals surface area contributed by atoms with Gasteiger partial charge in [-0.1, -0.05) is 0 Å². The smallest absolute Gasteiger partial charge is 0.315 e. The van der Waals surface area contributed by atoms with Gasteiger partial charge in [-0.2, -0.15) is 0 Å². The lowest BCUT2D eigenvalue weighted by Crippen LogP contribution is -2.51. The molecule has 0 bridgehead atoms. The highest BCUT2D eigenvalue weighted by Gasteiger charge is 2.21. The minimum Gasteiger partial charge on any atom is -0.481 e. The highest BCUT2D eigenvalue weighted by Crippen LogP contribution is 2.07. The number of carboxylic acids is 1. The van der Waals surface area contributed by atoms with E-state index in [0.29, 0.717) is 13.0 Å². The summed E-state index contributed by atoms with van der Waals surface area (Å²) in [6.07, 6.45) is 0.491. The van der Waals surface area contributed by atoms with Crippen LogP contribution in [0.25, 0.3) is 0 Å². The van der Waals surface area contributed by atoms with Crippen LogP contribution in [0.4, 0.5) is 4.79 Å². The number of hydrogen-bond acceptors (Lipinski definition) is 3. The fourth-order valence-electron chi connectivity index (χ4n) is 1.14. The molecule has 2 amide bonds. The van der Waals surface area contributed by atoms with Crippen LogP contribution in [0.2, 0.25) is 0 Å². The Bertz CT molecular complexity index is 290. The van der Waals surface area contributed by atoms with Crippen LogP contribution in [0, 0.1) is 0 Å². The summed E-state index contributed by atoms with van der Waals surface area (Å²) in [6.45, 7) is 6.37. The zero-order chi connectivity index (χ0) is 14.3. The molecule has 0 aromatic heterocycles. The fourth-order valence-corrected chi connectivity index (χ4v) is 1.14. The van der Waals surface area contributed by atoms with Crippen molar-refractivity contribution < 1.29 is 14.7 Å². The average Bonchev–Trinajstić information content (AvgIpc) is 2.23. The third-order valence-electron chi connectivity index (χ3n) is 3.06. The zero-order valence-electron chi connectivity index (χ0n) is 11.9. The van der Waals surface area contributed by atoms with Gasteiger partial charge in [-0.05, 0) is 41.3 Å². The van der Waals surface area contributed by atoms with Crippen LogP contribution in [0.3, 0.4) is 0 Å². The molecule has 0 rings (SSSR count). The normalized spacial score (nSPS) is 13.2. The van der Waals surface area contributed by atoms with E-state index in [0.717, 1.165) is 0 Å². The lowest BCUT2D eigenvalue weighted by atomic mass is 10.0. The molecule has 106 valence electrons. The molecule has 0 heterocycles. The second-order valence-electron chi connectivity index (χ2n) is 5.37. The topological polar surface area (TPSA) is 81.7 Å². The van der Waals surface area contributed by atoms with Crippen LogP contribution in [0.1, 0.15) is 33.6 Å². The van der Waals surface area contributed by atoms with E-state index < -0.39 is 5.97 Å². The van der Waals surface area contributed by atoms with Crippen molar-refractivity contribution >= 4 is 12.0 Å². The van der Waals surface area contributed by atoms with Crippen molar-refractivity contribution in [1.29, 1.82) is 0 Å². The zero-order valence-corrected chi connectivity index (χ0v) is 11.9. The molecule has 0 aromatic rings. The number of likely N-dealkylation sites (N-methyl/N-ethyl adjacent to an activating group) is 1. The van der Waals surface area contributed by atoms with Gasteiger partial charge in [-0.15, -0.1) is 0 Å². The molecule has 1 atom stereocenters. The van der Waals surface area contributed by atoms with Gasteiger partial charge in [-0.25, -0.2) is 4.79 Å². The monoisotopic (exact) mass is 259 g/mol. The Labute approximate surface area is 109 Å². The van der Waals surface area contributed by atoms with Crippen LogP contribution >= 0.6 is 0 Å². The summed E-state index contributed by atoms with van der Waals surface area (Å²) >= 11 is 0. The minimum absolute atomic E-state index is 0.0602. The standard InChI is InChI=1S/C12H25N3O3/c1-9(6-7-10(16)17)14-11(18)13-8-12(2,3)15(4)5/h9H,6-8H2,1-5H3,(H,16,17)(H2,13,14,18). The molecule has 6 nitrogen and oxygen atoms in total. The SMILES string of the molecule is CC(CCC(=O)O)NC(=O)NCC(C)(C)N(C)C. The third-order valence-corrected chi connectivity index (χ3v) is 3.06. The number of nitrogens with one attached hydrogen (secondary N) is 2. The number of carbonyl (C=O) groups excluding carboxylic acids is 1. The second kappa shape index (κ2) is 7.20. The van der Waals surface area contributed by atoms with Crippen LogP contribution in [-0.2, 0) is 4.79 Å². The molecule has 0 saturated heterocycles. The summed E-state index contributed by atoms with van der Waals surface area (Å²) < 4.78 is 0. The lowest BCUT2D eigenvalue weighted by molar-refractivity contribution is -0.137. The average molecular weight is 259 g/mol. The number of aliphatic carboxylic acids is 1. The number of carbonyl (C=O) groups is 2. The minimum atomic E-state index is -0.849. The quantitative estimate of drug-likeness (QED) is 0.634. The number of urea groups is 1. The maximum atomic E-state index is 11.6. The van der Waals surface area contributed by atoms with E-state index in [1.807, 2.05) is 32.8 Å². The largest absolute Gasteiger partial charge is 0.481 e. The highest BCUT2D eigenvalue weighted by atomic mass is 16.4. The maximum absolute atomic E-state index is 11.6. The molecule has 0 aliphatic heterocycles. The molecule has 0 fully saturated rings. The first-order chi connectivity index (χ1) is 8.15. The predicted octanol–water partition coefficient (Wildman–Crippen LogP) is 0.879. The molecule has 0 aliphatic rings. The van der Waals surface area contributed by atoms with Crippen molar-refractivity contribution in [3.63, 3.8) is 0 Å². The number of amides is 2. The molecular formula is C12H25N3O3. The summed E-state index contributed by atoms with van der Waals surface area (Å²) in [4.78, 5) is 24.0. The van der Waals surface area contributed by atoms with Gasteiger partial charge in [-0.3, -0.25) is 4.79 Å². The Balaban J connectivity index is 3.94. The number of rotatable bonds is 7. The Morgan fingerprint density at radius 1 is 1.33 bits per heavy atom. The van der Waals surface area contributed by atoms with Crippen molar-refractivity contribution in [3.05, 3.63) is 0 Å². The highest BCUT2D eigenvalue weighted by molar-refractivity contribution is 5.74. The van der Waals surface area contributed by atoms with E-state index in [1.54, 1.807) is 6.92 Å². The van der Waals surface area contributed by atoms with Gasteiger partial charge in [0.05, 0.1) is 0 Å². The van der Waals surface area contributed by atoms with Gasteiger partial charge in [0.2, 0.25) is 0 Å². The summed E-state index contributed by atoms with van der Waals surface area (Å²) in [5.74, 6) is -0.849. The Kier molecular flexibility index (Phi) is 6.68. The van der Waals surface area contributed by atoms with Crippen LogP contribution in [0.15, 0.2) is 0 Å². The molecule has 3 N–H and O–H groups in total. The second-order valence-corrected chi connectivity index (χ2v) is 5.37. The lowest BCUT2D eigenvalue weighted by Gasteiger charge is -2.32. The Morgan fingerprint density at radius 3 is 2.33 bits per heavy atom. The first-order valence-corrected chi connectivity index (χ1v) is 6.08.